The molecule has 1 fully saturated rings. The molecule has 2 unspecified atom stereocenters. The third-order valence-corrected chi connectivity index (χ3v) is 2.84. The summed E-state index contributed by atoms with van der Waals surface area (Å²) in [5.74, 6) is -0.0910. The standard InChI is InChI=1S/C9H15NO2/c1-2-7-5-3-4-6-8(7)9(11)10-12/h7-8H,2-6H2,1H3. The number of carbonyl (C=O) groups excluding carboxylic acids is 1. The van der Waals surface area contributed by atoms with Gasteiger partial charge in [-0.25, -0.2) is 0 Å². The molecule has 0 aromatic carbocycles. The third kappa shape index (κ3) is 1.90. The first-order valence-corrected chi connectivity index (χ1v) is 4.66. The molecular weight excluding hydrogens is 154 g/mol. The second-order valence-corrected chi connectivity index (χ2v) is 3.49. The van der Waals surface area contributed by atoms with Gasteiger partial charge in [-0.2, -0.15) is 0 Å². The molecule has 3 nitrogen and oxygen atoms in total. The van der Waals surface area contributed by atoms with Crippen LogP contribution in [0.15, 0.2) is 5.18 Å². The van der Waals surface area contributed by atoms with E-state index in [1.54, 1.807) is 0 Å². The minimum Gasteiger partial charge on any atom is -0.269 e. The zero-order chi connectivity index (χ0) is 8.97. The summed E-state index contributed by atoms with van der Waals surface area (Å²) in [7, 11) is 0. The van der Waals surface area contributed by atoms with Crippen LogP contribution in [0.5, 0.6) is 0 Å². The number of rotatable bonds is 2. The predicted octanol–water partition coefficient (Wildman–Crippen LogP) is 2.50. The normalized spacial score (nSPS) is 29.8. The Labute approximate surface area is 72.5 Å². The minimum absolute atomic E-state index is 0.0683. The summed E-state index contributed by atoms with van der Waals surface area (Å²) in [4.78, 5) is 21.1. The second-order valence-electron chi connectivity index (χ2n) is 3.49. The first-order chi connectivity index (χ1) is 5.79. The molecule has 1 amide bonds. The molecule has 0 radical (unpaired) electrons. The van der Waals surface area contributed by atoms with E-state index in [-0.39, 0.29) is 5.92 Å². The van der Waals surface area contributed by atoms with E-state index in [0.717, 1.165) is 25.7 Å². The molecule has 0 aromatic heterocycles. The van der Waals surface area contributed by atoms with Crippen LogP contribution in [0.4, 0.5) is 0 Å². The van der Waals surface area contributed by atoms with Crippen LogP contribution in [0, 0.1) is 16.7 Å². The number of amides is 1. The van der Waals surface area contributed by atoms with Gasteiger partial charge in [-0.1, -0.05) is 26.2 Å². The van der Waals surface area contributed by atoms with Gasteiger partial charge in [-0.3, -0.25) is 4.79 Å². The topological polar surface area (TPSA) is 46.5 Å². The van der Waals surface area contributed by atoms with Crippen molar-refractivity contribution in [2.75, 3.05) is 0 Å². The van der Waals surface area contributed by atoms with Crippen molar-refractivity contribution in [1.29, 1.82) is 0 Å². The third-order valence-electron chi connectivity index (χ3n) is 2.84. The molecule has 1 aliphatic rings. The van der Waals surface area contributed by atoms with Gasteiger partial charge in [0.05, 0.1) is 0 Å². The first-order valence-electron chi connectivity index (χ1n) is 4.66. The van der Waals surface area contributed by atoms with Crippen LogP contribution in [0.3, 0.4) is 0 Å². The first kappa shape index (κ1) is 9.36. The number of nitroso groups, excluding NO2 is 1. The van der Waals surface area contributed by atoms with Gasteiger partial charge in [-0.15, -0.1) is 4.91 Å². The molecule has 0 aromatic rings. The van der Waals surface area contributed by atoms with Crippen molar-refractivity contribution in [2.24, 2.45) is 17.0 Å². The quantitative estimate of drug-likeness (QED) is 0.596. The van der Waals surface area contributed by atoms with Gasteiger partial charge in [-0.05, 0) is 18.8 Å². The highest BCUT2D eigenvalue weighted by atomic mass is 16.3. The van der Waals surface area contributed by atoms with Crippen LogP contribution in [-0.4, -0.2) is 5.91 Å². The summed E-state index contributed by atoms with van der Waals surface area (Å²) >= 11 is 0. The fourth-order valence-electron chi connectivity index (χ4n) is 2.09. The van der Waals surface area contributed by atoms with Crippen molar-refractivity contribution >= 4 is 5.91 Å². The molecule has 0 N–H and O–H groups in total. The largest absolute Gasteiger partial charge is 0.289 e. The molecule has 1 aliphatic carbocycles. The van der Waals surface area contributed by atoms with Gasteiger partial charge < -0.3 is 0 Å². The summed E-state index contributed by atoms with van der Waals surface area (Å²) < 4.78 is 0. The van der Waals surface area contributed by atoms with E-state index < -0.39 is 5.91 Å². The lowest BCUT2D eigenvalue weighted by Gasteiger charge is -2.27. The molecule has 0 aliphatic heterocycles. The molecule has 2 atom stereocenters. The maximum Gasteiger partial charge on any atom is 0.289 e. The van der Waals surface area contributed by atoms with Crippen LogP contribution in [0.25, 0.3) is 0 Å². The maximum absolute atomic E-state index is 11.1. The zero-order valence-corrected chi connectivity index (χ0v) is 7.45. The summed E-state index contributed by atoms with van der Waals surface area (Å²) in [6.07, 6.45) is 5.21. The van der Waals surface area contributed by atoms with Gasteiger partial charge in [0.25, 0.3) is 5.91 Å². The van der Waals surface area contributed by atoms with E-state index >= 15 is 0 Å². The Hall–Kier alpha value is -0.730. The molecule has 0 saturated heterocycles. The Morgan fingerprint density at radius 1 is 1.42 bits per heavy atom. The highest BCUT2D eigenvalue weighted by Crippen LogP contribution is 2.32. The molecule has 0 bridgehead atoms. The smallest absolute Gasteiger partial charge is 0.269 e. The van der Waals surface area contributed by atoms with Gasteiger partial charge in [0, 0.05) is 11.1 Å². The number of carbonyl (C=O) groups is 1. The monoisotopic (exact) mass is 169 g/mol. The van der Waals surface area contributed by atoms with Gasteiger partial charge in [0.1, 0.15) is 0 Å². The van der Waals surface area contributed by atoms with Crippen molar-refractivity contribution in [1.82, 2.24) is 0 Å². The van der Waals surface area contributed by atoms with Crippen molar-refractivity contribution in [3.05, 3.63) is 4.91 Å². The van der Waals surface area contributed by atoms with Crippen LogP contribution >= 0.6 is 0 Å². The molecule has 68 valence electrons. The molecule has 0 spiro atoms. The maximum atomic E-state index is 11.1. The Morgan fingerprint density at radius 2 is 2.08 bits per heavy atom. The predicted molar refractivity (Wildman–Crippen MR) is 46.5 cm³/mol. The van der Waals surface area contributed by atoms with E-state index in [9.17, 15) is 9.70 Å². The van der Waals surface area contributed by atoms with Crippen molar-refractivity contribution in [3.63, 3.8) is 0 Å². The van der Waals surface area contributed by atoms with Crippen LogP contribution in [0.1, 0.15) is 39.0 Å². The molecule has 3 heteroatoms. The number of hydrogen-bond acceptors (Lipinski definition) is 2. The van der Waals surface area contributed by atoms with E-state index in [1.165, 1.54) is 6.42 Å². The molecular formula is C9H15NO2. The second kappa shape index (κ2) is 4.33. The highest BCUT2D eigenvalue weighted by molar-refractivity contribution is 5.79. The lowest BCUT2D eigenvalue weighted by Crippen LogP contribution is -2.25. The van der Waals surface area contributed by atoms with Gasteiger partial charge in [0.15, 0.2) is 0 Å². The van der Waals surface area contributed by atoms with Crippen LogP contribution in [0.2, 0.25) is 0 Å². The molecule has 1 saturated carbocycles. The number of nitrogens with zero attached hydrogens (tertiary/aromatic N) is 1. The SMILES string of the molecule is CCC1CCCCC1C(=O)N=O. The Kier molecular flexibility index (Phi) is 3.38. The van der Waals surface area contributed by atoms with E-state index in [1.807, 2.05) is 0 Å². The zero-order valence-electron chi connectivity index (χ0n) is 7.45. The summed E-state index contributed by atoms with van der Waals surface area (Å²) in [5, 5.41) is 2.52. The molecule has 1 rings (SSSR count). The van der Waals surface area contributed by atoms with Crippen LogP contribution in [-0.2, 0) is 4.79 Å². The van der Waals surface area contributed by atoms with Gasteiger partial charge >= 0.3 is 0 Å². The Balaban J connectivity index is 2.58. The average molecular weight is 169 g/mol. The van der Waals surface area contributed by atoms with Gasteiger partial charge in [0.2, 0.25) is 0 Å². The summed E-state index contributed by atoms with van der Waals surface area (Å²) in [6.45, 7) is 2.07. The number of hydrogen-bond donors (Lipinski definition) is 0. The lowest BCUT2D eigenvalue weighted by atomic mass is 9.77. The van der Waals surface area contributed by atoms with Crippen molar-refractivity contribution < 1.29 is 4.79 Å². The molecule has 12 heavy (non-hydrogen) atoms. The fourth-order valence-corrected chi connectivity index (χ4v) is 2.09. The van der Waals surface area contributed by atoms with Crippen LogP contribution < -0.4 is 0 Å². The van der Waals surface area contributed by atoms with E-state index in [0.29, 0.717) is 5.92 Å². The van der Waals surface area contributed by atoms with E-state index in [4.69, 9.17) is 0 Å². The minimum atomic E-state index is -0.429. The average Bonchev–Trinajstić information content (AvgIpc) is 2.16. The van der Waals surface area contributed by atoms with Crippen molar-refractivity contribution in [2.45, 2.75) is 39.0 Å². The van der Waals surface area contributed by atoms with E-state index in [2.05, 4.69) is 12.1 Å². The highest BCUT2D eigenvalue weighted by Gasteiger charge is 2.29. The lowest BCUT2D eigenvalue weighted by molar-refractivity contribution is -0.124. The fraction of sp³-hybridized carbons (Fsp3) is 0.889. The Morgan fingerprint density at radius 3 is 2.67 bits per heavy atom. The summed E-state index contributed by atoms with van der Waals surface area (Å²) in [5.41, 5.74) is 0. The Bertz CT molecular complexity index is 179. The summed E-state index contributed by atoms with van der Waals surface area (Å²) in [6, 6.07) is 0. The van der Waals surface area contributed by atoms with Crippen molar-refractivity contribution in [3.8, 4) is 0 Å². The molecule has 0 heterocycles.